The molecule has 0 radical (unpaired) electrons. The number of nitrogens with zero attached hydrogens (tertiary/aromatic N) is 4. The highest BCUT2D eigenvalue weighted by molar-refractivity contribution is 6.32. The fourth-order valence-electron chi connectivity index (χ4n) is 3.14. The quantitative estimate of drug-likeness (QED) is 0.577. The van der Waals surface area contributed by atoms with Crippen LogP contribution in [0.4, 0.5) is 11.4 Å². The van der Waals surface area contributed by atoms with Gasteiger partial charge in [-0.3, -0.25) is 14.9 Å². The van der Waals surface area contributed by atoms with Crippen LogP contribution in [0.15, 0.2) is 36.4 Å². The number of carbonyl (C=O) groups is 1. The smallest absolute Gasteiger partial charge is 0.270 e. The van der Waals surface area contributed by atoms with Gasteiger partial charge in [-0.1, -0.05) is 11.6 Å². The van der Waals surface area contributed by atoms with Crippen LogP contribution in [0.3, 0.4) is 0 Å². The van der Waals surface area contributed by atoms with Gasteiger partial charge in [-0.15, -0.1) is 0 Å². The van der Waals surface area contributed by atoms with Crippen molar-refractivity contribution >= 4 is 28.9 Å². The molecule has 1 heterocycles. The van der Waals surface area contributed by atoms with Crippen molar-refractivity contribution in [3.8, 4) is 11.8 Å². The number of rotatable bonds is 4. The molecule has 0 atom stereocenters. The molecule has 0 bridgehead atoms. The first-order valence-corrected chi connectivity index (χ1v) is 8.88. The van der Waals surface area contributed by atoms with E-state index in [0.717, 1.165) is 0 Å². The van der Waals surface area contributed by atoms with Crippen molar-refractivity contribution in [2.75, 3.05) is 38.2 Å². The summed E-state index contributed by atoms with van der Waals surface area (Å²) < 4.78 is 5.10. The Kier molecular flexibility index (Phi) is 5.66. The first-order chi connectivity index (χ1) is 13.4. The molecular weight excluding hydrogens is 384 g/mol. The minimum atomic E-state index is -0.527. The zero-order chi connectivity index (χ0) is 20.3. The lowest BCUT2D eigenvalue weighted by atomic mass is 10.1. The minimum Gasteiger partial charge on any atom is -0.495 e. The zero-order valence-electron chi connectivity index (χ0n) is 15.1. The first kappa shape index (κ1) is 19.5. The van der Waals surface area contributed by atoms with E-state index in [0.29, 0.717) is 48.2 Å². The molecule has 0 saturated carbocycles. The van der Waals surface area contributed by atoms with E-state index in [1.54, 1.807) is 29.2 Å². The van der Waals surface area contributed by atoms with Crippen LogP contribution < -0.4 is 9.64 Å². The predicted octanol–water partition coefficient (Wildman–Crippen LogP) is 3.09. The number of piperazine rings is 1. The molecule has 2 aromatic carbocycles. The Hall–Kier alpha value is -3.31. The number of nitro groups is 1. The third-order valence-corrected chi connectivity index (χ3v) is 4.91. The minimum absolute atomic E-state index is 0.120. The van der Waals surface area contributed by atoms with E-state index in [1.165, 1.54) is 19.2 Å². The highest BCUT2D eigenvalue weighted by Gasteiger charge is 2.25. The van der Waals surface area contributed by atoms with Crippen molar-refractivity contribution < 1.29 is 14.5 Å². The number of carbonyl (C=O) groups excluding carboxylic acids is 1. The lowest BCUT2D eigenvalue weighted by Gasteiger charge is -2.36. The number of non-ortho nitro benzene ring substituents is 1. The summed E-state index contributed by atoms with van der Waals surface area (Å²) in [6.07, 6.45) is 0. The lowest BCUT2D eigenvalue weighted by Crippen LogP contribution is -2.49. The van der Waals surface area contributed by atoms with Gasteiger partial charge in [-0.2, -0.15) is 5.26 Å². The number of hydrogen-bond donors (Lipinski definition) is 0. The number of benzene rings is 2. The van der Waals surface area contributed by atoms with Crippen LogP contribution in [0.2, 0.25) is 5.02 Å². The van der Waals surface area contributed by atoms with Gasteiger partial charge in [0, 0.05) is 43.9 Å². The van der Waals surface area contributed by atoms with Crippen molar-refractivity contribution in [2.45, 2.75) is 0 Å². The normalized spacial score (nSPS) is 13.8. The highest BCUT2D eigenvalue weighted by Crippen LogP contribution is 2.28. The lowest BCUT2D eigenvalue weighted by molar-refractivity contribution is -0.384. The monoisotopic (exact) mass is 400 g/mol. The van der Waals surface area contributed by atoms with Crippen LogP contribution in [-0.4, -0.2) is 49.0 Å². The molecule has 0 N–H and O–H groups in total. The molecule has 1 aliphatic heterocycles. The van der Waals surface area contributed by atoms with Crippen LogP contribution in [0.5, 0.6) is 5.75 Å². The fourth-order valence-corrected chi connectivity index (χ4v) is 3.39. The van der Waals surface area contributed by atoms with Crippen molar-refractivity contribution in [2.24, 2.45) is 0 Å². The number of nitriles is 1. The largest absolute Gasteiger partial charge is 0.495 e. The number of ether oxygens (including phenoxy) is 1. The highest BCUT2D eigenvalue weighted by atomic mass is 35.5. The maximum absolute atomic E-state index is 12.7. The van der Waals surface area contributed by atoms with Gasteiger partial charge in [0.05, 0.1) is 28.3 Å². The summed E-state index contributed by atoms with van der Waals surface area (Å²) >= 11 is 6.10. The van der Waals surface area contributed by atoms with Gasteiger partial charge in [-0.25, -0.2) is 0 Å². The van der Waals surface area contributed by atoms with Crippen molar-refractivity contribution in [1.29, 1.82) is 5.26 Å². The fraction of sp³-hybridized carbons (Fsp3) is 0.263. The van der Waals surface area contributed by atoms with E-state index in [2.05, 4.69) is 0 Å². The van der Waals surface area contributed by atoms with Gasteiger partial charge in [0.25, 0.3) is 11.6 Å². The zero-order valence-corrected chi connectivity index (χ0v) is 15.8. The number of nitro benzene ring substituents is 1. The second-order valence-corrected chi connectivity index (χ2v) is 6.61. The average molecular weight is 401 g/mol. The summed E-state index contributed by atoms with van der Waals surface area (Å²) in [6, 6.07) is 11.2. The van der Waals surface area contributed by atoms with E-state index < -0.39 is 4.92 Å². The third kappa shape index (κ3) is 3.85. The van der Waals surface area contributed by atoms with E-state index in [-0.39, 0.29) is 17.2 Å². The number of halogens is 1. The molecular formula is C19H17ClN4O4. The summed E-state index contributed by atoms with van der Waals surface area (Å²) in [7, 11) is 1.51. The van der Waals surface area contributed by atoms with E-state index in [1.807, 2.05) is 11.0 Å². The summed E-state index contributed by atoms with van der Waals surface area (Å²) in [5, 5.41) is 20.6. The Labute approximate surface area is 166 Å². The molecule has 8 nitrogen and oxygen atoms in total. The van der Waals surface area contributed by atoms with Gasteiger partial charge < -0.3 is 14.5 Å². The van der Waals surface area contributed by atoms with Crippen LogP contribution in [0.25, 0.3) is 0 Å². The summed E-state index contributed by atoms with van der Waals surface area (Å²) in [4.78, 5) is 26.8. The molecule has 1 saturated heterocycles. The van der Waals surface area contributed by atoms with Gasteiger partial charge >= 0.3 is 0 Å². The number of anilines is 1. The Bertz CT molecular complexity index is 965. The second-order valence-electron chi connectivity index (χ2n) is 6.20. The van der Waals surface area contributed by atoms with Crippen molar-refractivity contribution in [1.82, 2.24) is 4.90 Å². The van der Waals surface area contributed by atoms with E-state index >= 15 is 0 Å². The van der Waals surface area contributed by atoms with Crippen LogP contribution in [-0.2, 0) is 0 Å². The van der Waals surface area contributed by atoms with Crippen LogP contribution >= 0.6 is 11.6 Å². The molecule has 1 amide bonds. The first-order valence-electron chi connectivity index (χ1n) is 8.51. The van der Waals surface area contributed by atoms with Crippen molar-refractivity contribution in [3.63, 3.8) is 0 Å². The maximum Gasteiger partial charge on any atom is 0.270 e. The van der Waals surface area contributed by atoms with Crippen molar-refractivity contribution in [3.05, 3.63) is 62.7 Å². The van der Waals surface area contributed by atoms with Gasteiger partial charge in [-0.05, 0) is 24.3 Å². The average Bonchev–Trinajstić information content (AvgIpc) is 2.72. The molecule has 28 heavy (non-hydrogen) atoms. The Balaban J connectivity index is 1.71. The molecule has 0 aliphatic carbocycles. The number of hydrogen-bond acceptors (Lipinski definition) is 6. The molecule has 0 unspecified atom stereocenters. The second kappa shape index (κ2) is 8.15. The molecule has 0 aromatic heterocycles. The standard InChI is InChI=1S/C19H17ClN4O4/c1-28-18-5-2-13(11-16(18)20)19(25)23-8-6-22(7-9-23)17-4-3-15(24(26)27)10-14(17)12-21/h2-5,10-11H,6-9H2,1H3. The summed E-state index contributed by atoms with van der Waals surface area (Å²) in [5.41, 5.74) is 1.24. The summed E-state index contributed by atoms with van der Waals surface area (Å²) in [6.45, 7) is 1.96. The maximum atomic E-state index is 12.7. The molecule has 1 aliphatic rings. The molecule has 0 spiro atoms. The number of methoxy groups -OCH3 is 1. The Morgan fingerprint density at radius 2 is 1.93 bits per heavy atom. The SMILES string of the molecule is COc1ccc(C(=O)N2CCN(c3ccc([N+](=O)[O-])cc3C#N)CC2)cc1Cl. The Morgan fingerprint density at radius 1 is 1.21 bits per heavy atom. The number of amides is 1. The molecule has 3 rings (SSSR count). The third-order valence-electron chi connectivity index (χ3n) is 4.62. The molecule has 144 valence electrons. The summed E-state index contributed by atoms with van der Waals surface area (Å²) in [5.74, 6) is 0.374. The van der Waals surface area contributed by atoms with E-state index in [9.17, 15) is 20.2 Å². The van der Waals surface area contributed by atoms with Crippen LogP contribution in [0.1, 0.15) is 15.9 Å². The Morgan fingerprint density at radius 3 is 2.50 bits per heavy atom. The van der Waals surface area contributed by atoms with Gasteiger partial charge in [0.15, 0.2) is 0 Å². The van der Waals surface area contributed by atoms with Gasteiger partial charge in [0.1, 0.15) is 11.8 Å². The van der Waals surface area contributed by atoms with Gasteiger partial charge in [0.2, 0.25) is 0 Å². The molecule has 9 heteroatoms. The van der Waals surface area contributed by atoms with E-state index in [4.69, 9.17) is 16.3 Å². The topological polar surface area (TPSA) is 99.7 Å². The predicted molar refractivity (Wildman–Crippen MR) is 104 cm³/mol. The molecule has 1 fully saturated rings. The molecule has 2 aromatic rings. The van der Waals surface area contributed by atoms with Crippen LogP contribution in [0, 0.1) is 21.4 Å².